The first-order valence-corrected chi connectivity index (χ1v) is 9.90. The Labute approximate surface area is 162 Å². The molecule has 0 aliphatic heterocycles. The number of thiophene rings is 1. The Kier molecular flexibility index (Phi) is 5.97. The van der Waals surface area contributed by atoms with Gasteiger partial charge in [-0.25, -0.2) is 4.79 Å². The van der Waals surface area contributed by atoms with Crippen molar-refractivity contribution in [3.63, 3.8) is 0 Å². The molecule has 0 aromatic carbocycles. The summed E-state index contributed by atoms with van der Waals surface area (Å²) < 4.78 is 10.5. The molecular weight excluding hydrogens is 364 g/mol. The number of nitriles is 1. The number of nitrogens with zero attached hydrogens (tertiary/aromatic N) is 1. The van der Waals surface area contributed by atoms with Crippen molar-refractivity contribution in [2.75, 3.05) is 11.9 Å². The van der Waals surface area contributed by atoms with Crippen LogP contribution in [0.25, 0.3) is 0 Å². The Balaban J connectivity index is 1.59. The van der Waals surface area contributed by atoms with E-state index in [2.05, 4.69) is 5.32 Å². The fraction of sp³-hybridized carbons (Fsp3) is 0.450. The summed E-state index contributed by atoms with van der Waals surface area (Å²) in [6, 6.07) is 3.91. The van der Waals surface area contributed by atoms with Gasteiger partial charge in [0, 0.05) is 10.4 Å². The third-order valence-corrected chi connectivity index (χ3v) is 6.00. The van der Waals surface area contributed by atoms with Gasteiger partial charge in [-0.2, -0.15) is 5.26 Å². The molecule has 2 aromatic heterocycles. The van der Waals surface area contributed by atoms with Crippen LogP contribution in [0.4, 0.5) is 5.88 Å². The van der Waals surface area contributed by atoms with Crippen LogP contribution in [-0.4, -0.2) is 18.5 Å². The lowest BCUT2D eigenvalue weighted by molar-refractivity contribution is -0.119. The Hall–Kier alpha value is -2.59. The van der Waals surface area contributed by atoms with E-state index in [0.717, 1.165) is 25.7 Å². The highest BCUT2D eigenvalue weighted by molar-refractivity contribution is 7.14. The van der Waals surface area contributed by atoms with Crippen molar-refractivity contribution in [2.45, 2.75) is 52.4 Å². The van der Waals surface area contributed by atoms with E-state index in [4.69, 9.17) is 14.4 Å². The first-order valence-electron chi connectivity index (χ1n) is 9.08. The van der Waals surface area contributed by atoms with Gasteiger partial charge < -0.3 is 9.15 Å². The minimum atomic E-state index is -0.538. The standard InChI is InChI=1S/C20H22N2O4S/c1-12-13(2)26-19(15(12)10-21)22-18(23)11-25-20(24)17-9-14-7-5-3-4-6-8-16(14)27-17/h9H,3-8,11H2,1-2H3,(H,22,23). The van der Waals surface area contributed by atoms with Gasteiger partial charge in [-0.1, -0.05) is 12.8 Å². The first-order chi connectivity index (χ1) is 13.0. The summed E-state index contributed by atoms with van der Waals surface area (Å²) in [4.78, 5) is 26.2. The largest absolute Gasteiger partial charge is 0.451 e. The monoisotopic (exact) mass is 386 g/mol. The Morgan fingerprint density at radius 1 is 1.26 bits per heavy atom. The maximum Gasteiger partial charge on any atom is 0.348 e. The molecule has 2 heterocycles. The highest BCUT2D eigenvalue weighted by atomic mass is 32.1. The van der Waals surface area contributed by atoms with Crippen LogP contribution in [-0.2, 0) is 22.4 Å². The summed E-state index contributed by atoms with van der Waals surface area (Å²) in [6.45, 7) is 3.04. The summed E-state index contributed by atoms with van der Waals surface area (Å²) in [7, 11) is 0. The van der Waals surface area contributed by atoms with Crippen LogP contribution in [0.15, 0.2) is 10.5 Å². The number of aryl methyl sites for hydroxylation is 3. The summed E-state index contributed by atoms with van der Waals surface area (Å²) in [6.07, 6.45) is 6.74. The quantitative estimate of drug-likeness (QED) is 0.792. The summed E-state index contributed by atoms with van der Waals surface area (Å²) in [5, 5.41) is 11.7. The van der Waals surface area contributed by atoms with E-state index in [1.807, 2.05) is 12.1 Å². The number of carbonyl (C=O) groups is 2. The van der Waals surface area contributed by atoms with Crippen molar-refractivity contribution < 1.29 is 18.7 Å². The molecule has 0 bridgehead atoms. The fourth-order valence-electron chi connectivity index (χ4n) is 3.16. The predicted molar refractivity (Wildman–Crippen MR) is 102 cm³/mol. The number of furan rings is 1. The third-order valence-electron chi connectivity index (χ3n) is 4.78. The third kappa shape index (κ3) is 4.40. The number of hydrogen-bond acceptors (Lipinski definition) is 6. The molecule has 0 saturated carbocycles. The zero-order chi connectivity index (χ0) is 19.4. The van der Waals surface area contributed by atoms with E-state index < -0.39 is 18.5 Å². The zero-order valence-corrected chi connectivity index (χ0v) is 16.3. The van der Waals surface area contributed by atoms with Crippen LogP contribution in [0.5, 0.6) is 0 Å². The zero-order valence-electron chi connectivity index (χ0n) is 15.5. The van der Waals surface area contributed by atoms with Crippen molar-refractivity contribution in [3.05, 3.63) is 38.3 Å². The van der Waals surface area contributed by atoms with Gasteiger partial charge in [-0.05, 0) is 51.2 Å². The van der Waals surface area contributed by atoms with E-state index in [-0.39, 0.29) is 11.4 Å². The Bertz CT molecular complexity index is 878. The number of nitrogens with one attached hydrogen (secondary N) is 1. The Morgan fingerprint density at radius 2 is 2.00 bits per heavy atom. The second kappa shape index (κ2) is 8.40. The number of ether oxygens (including phenoxy) is 1. The molecule has 0 fully saturated rings. The van der Waals surface area contributed by atoms with Crippen molar-refractivity contribution in [3.8, 4) is 6.07 Å². The minimum Gasteiger partial charge on any atom is -0.451 e. The maximum absolute atomic E-state index is 12.3. The molecule has 27 heavy (non-hydrogen) atoms. The van der Waals surface area contributed by atoms with Gasteiger partial charge in [0.25, 0.3) is 5.91 Å². The molecule has 3 rings (SSSR count). The average Bonchev–Trinajstić information content (AvgIpc) is 3.13. The van der Waals surface area contributed by atoms with Crippen LogP contribution in [0, 0.1) is 25.2 Å². The number of hydrogen-bond donors (Lipinski definition) is 1. The normalized spacial score (nSPS) is 13.8. The van der Waals surface area contributed by atoms with Crippen molar-refractivity contribution >= 4 is 29.1 Å². The lowest BCUT2D eigenvalue weighted by Gasteiger charge is -2.07. The lowest BCUT2D eigenvalue weighted by atomic mass is 10.00. The van der Waals surface area contributed by atoms with Gasteiger partial charge in [0.15, 0.2) is 6.61 Å². The van der Waals surface area contributed by atoms with E-state index in [1.165, 1.54) is 34.6 Å². The van der Waals surface area contributed by atoms with Gasteiger partial charge in [-0.15, -0.1) is 11.3 Å². The smallest absolute Gasteiger partial charge is 0.348 e. The number of fused-ring (bicyclic) bond motifs is 1. The number of carbonyl (C=O) groups excluding carboxylic acids is 2. The molecule has 2 aromatic rings. The van der Waals surface area contributed by atoms with Crippen LogP contribution < -0.4 is 5.32 Å². The van der Waals surface area contributed by atoms with Crippen molar-refractivity contribution in [1.82, 2.24) is 0 Å². The lowest BCUT2D eigenvalue weighted by Crippen LogP contribution is -2.20. The van der Waals surface area contributed by atoms with Crippen LogP contribution in [0.2, 0.25) is 0 Å². The van der Waals surface area contributed by atoms with Gasteiger partial charge in [0.05, 0.1) is 0 Å². The van der Waals surface area contributed by atoms with Gasteiger partial charge in [0.1, 0.15) is 22.3 Å². The number of rotatable bonds is 4. The maximum atomic E-state index is 12.3. The van der Waals surface area contributed by atoms with E-state index >= 15 is 0 Å². The van der Waals surface area contributed by atoms with E-state index in [0.29, 0.717) is 16.2 Å². The minimum absolute atomic E-state index is 0.0904. The number of esters is 1. The molecule has 1 N–H and O–H groups in total. The molecule has 0 saturated heterocycles. The van der Waals surface area contributed by atoms with Gasteiger partial charge in [0.2, 0.25) is 5.88 Å². The Morgan fingerprint density at radius 3 is 2.74 bits per heavy atom. The van der Waals surface area contributed by atoms with Crippen LogP contribution in [0.1, 0.15) is 62.7 Å². The topological polar surface area (TPSA) is 92.3 Å². The second-order valence-electron chi connectivity index (χ2n) is 6.70. The SMILES string of the molecule is Cc1oc(NC(=O)COC(=O)c2cc3c(s2)CCCCCC3)c(C#N)c1C. The molecule has 6 nitrogen and oxygen atoms in total. The highest BCUT2D eigenvalue weighted by Gasteiger charge is 2.20. The molecular formula is C20H22N2O4S. The molecule has 7 heteroatoms. The second-order valence-corrected chi connectivity index (χ2v) is 7.83. The first kappa shape index (κ1) is 19.2. The van der Waals surface area contributed by atoms with Gasteiger partial charge >= 0.3 is 5.97 Å². The molecule has 1 aliphatic rings. The summed E-state index contributed by atoms with van der Waals surface area (Å²) in [5.74, 6) is -0.375. The molecule has 0 spiro atoms. The molecule has 0 radical (unpaired) electrons. The predicted octanol–water partition coefficient (Wildman–Crippen LogP) is 4.28. The summed E-state index contributed by atoms with van der Waals surface area (Å²) >= 11 is 1.47. The van der Waals surface area contributed by atoms with Crippen molar-refractivity contribution in [1.29, 1.82) is 5.26 Å². The van der Waals surface area contributed by atoms with Crippen LogP contribution >= 0.6 is 11.3 Å². The summed E-state index contributed by atoms with van der Waals surface area (Å²) in [5.41, 5.74) is 2.20. The molecule has 1 amide bonds. The van der Waals surface area contributed by atoms with Crippen molar-refractivity contribution in [2.24, 2.45) is 0 Å². The molecule has 0 atom stereocenters. The average molecular weight is 386 g/mol. The van der Waals surface area contributed by atoms with Gasteiger partial charge in [-0.3, -0.25) is 10.1 Å². The highest BCUT2D eigenvalue weighted by Crippen LogP contribution is 2.29. The molecule has 142 valence electrons. The molecule has 0 unspecified atom stereocenters. The number of anilines is 1. The molecule has 1 aliphatic carbocycles. The van der Waals surface area contributed by atoms with E-state index in [9.17, 15) is 9.59 Å². The van der Waals surface area contributed by atoms with E-state index in [1.54, 1.807) is 13.8 Å². The number of amides is 1. The van der Waals surface area contributed by atoms with Crippen LogP contribution in [0.3, 0.4) is 0 Å². The fourth-order valence-corrected chi connectivity index (χ4v) is 4.31.